The maximum Gasteiger partial charge on any atom is 0.243 e. The highest BCUT2D eigenvalue weighted by Crippen LogP contribution is 2.24. The molecule has 0 aliphatic carbocycles. The minimum Gasteiger partial charge on any atom is -0.379 e. The third-order valence-corrected chi connectivity index (χ3v) is 6.92. The lowest BCUT2D eigenvalue weighted by molar-refractivity contribution is -0.114. The van der Waals surface area contributed by atoms with E-state index < -0.39 is 10.0 Å². The number of nitrogens with one attached hydrogen (secondary N) is 2. The maximum atomic E-state index is 13.0. The number of carbonyl (C=O) groups excluding carboxylic acids is 1. The lowest BCUT2D eigenvalue weighted by Crippen LogP contribution is -2.40. The van der Waals surface area contributed by atoms with Gasteiger partial charge in [-0.05, 0) is 50.1 Å². The summed E-state index contributed by atoms with van der Waals surface area (Å²) in [7, 11) is -3.63. The number of benzene rings is 2. The molecule has 0 atom stereocenters. The Kier molecular flexibility index (Phi) is 6.56. The molecule has 156 valence electrons. The van der Waals surface area contributed by atoms with Gasteiger partial charge >= 0.3 is 0 Å². The second-order valence-electron chi connectivity index (χ2n) is 7.22. The van der Waals surface area contributed by atoms with Crippen LogP contribution in [-0.4, -0.2) is 51.5 Å². The van der Waals surface area contributed by atoms with Crippen molar-refractivity contribution in [1.29, 1.82) is 0 Å². The van der Waals surface area contributed by atoms with Crippen molar-refractivity contribution in [3.05, 3.63) is 53.1 Å². The Labute approximate surface area is 172 Å². The van der Waals surface area contributed by atoms with Gasteiger partial charge in [0.05, 0.1) is 24.7 Å². The summed E-state index contributed by atoms with van der Waals surface area (Å²) in [6, 6.07) is 10.9. The van der Waals surface area contributed by atoms with Crippen LogP contribution in [0.4, 0.5) is 11.4 Å². The minimum absolute atomic E-state index is 0.0866. The molecule has 1 aliphatic rings. The van der Waals surface area contributed by atoms with Gasteiger partial charge in [0, 0.05) is 24.5 Å². The second-order valence-corrected chi connectivity index (χ2v) is 9.12. The van der Waals surface area contributed by atoms with Crippen molar-refractivity contribution in [3.8, 4) is 0 Å². The molecule has 0 spiro atoms. The van der Waals surface area contributed by atoms with E-state index in [0.717, 1.165) is 16.8 Å². The fourth-order valence-corrected chi connectivity index (χ4v) is 4.93. The van der Waals surface area contributed by atoms with Crippen LogP contribution >= 0.6 is 0 Å². The molecule has 1 amide bonds. The molecule has 1 aliphatic heterocycles. The Morgan fingerprint density at radius 2 is 1.76 bits per heavy atom. The number of nitrogens with zero attached hydrogens (tertiary/aromatic N) is 1. The van der Waals surface area contributed by atoms with Gasteiger partial charge in [-0.3, -0.25) is 4.79 Å². The predicted molar refractivity (Wildman–Crippen MR) is 114 cm³/mol. The van der Waals surface area contributed by atoms with Crippen LogP contribution in [0.2, 0.25) is 0 Å². The van der Waals surface area contributed by atoms with Gasteiger partial charge in [0.2, 0.25) is 15.9 Å². The van der Waals surface area contributed by atoms with Gasteiger partial charge in [-0.1, -0.05) is 23.8 Å². The van der Waals surface area contributed by atoms with Crippen LogP contribution in [0.5, 0.6) is 0 Å². The monoisotopic (exact) mass is 417 g/mol. The Bertz CT molecular complexity index is 999. The molecule has 7 nitrogen and oxygen atoms in total. The highest BCUT2D eigenvalue weighted by molar-refractivity contribution is 7.89. The van der Waals surface area contributed by atoms with E-state index in [-0.39, 0.29) is 17.3 Å². The average Bonchev–Trinajstić information content (AvgIpc) is 2.69. The summed E-state index contributed by atoms with van der Waals surface area (Å²) >= 11 is 0. The predicted octanol–water partition coefficient (Wildman–Crippen LogP) is 2.68. The Morgan fingerprint density at radius 1 is 1.03 bits per heavy atom. The minimum atomic E-state index is -3.63. The number of sulfonamides is 1. The molecule has 1 heterocycles. The standard InChI is InChI=1S/C21H27N3O4S/c1-15-4-7-19(17(3)12-15)22-14-21(25)23-18-6-5-16(2)20(13-18)29(26,27)24-8-10-28-11-9-24/h4-7,12-13,22H,8-11,14H2,1-3H3,(H,23,25). The van der Waals surface area contributed by atoms with Crippen molar-refractivity contribution >= 4 is 27.3 Å². The first-order valence-corrected chi connectivity index (χ1v) is 11.0. The number of morpholine rings is 1. The summed E-state index contributed by atoms with van der Waals surface area (Å²) in [4.78, 5) is 12.6. The quantitative estimate of drug-likeness (QED) is 0.755. The normalized spacial score (nSPS) is 15.1. The van der Waals surface area contributed by atoms with E-state index in [2.05, 4.69) is 10.6 Å². The number of anilines is 2. The van der Waals surface area contributed by atoms with Crippen LogP contribution in [0.25, 0.3) is 0 Å². The topological polar surface area (TPSA) is 87.7 Å². The zero-order chi connectivity index (χ0) is 21.0. The van der Waals surface area contributed by atoms with Crippen LogP contribution in [0.15, 0.2) is 41.3 Å². The highest BCUT2D eigenvalue weighted by atomic mass is 32.2. The van der Waals surface area contributed by atoms with Gasteiger partial charge in [0.15, 0.2) is 0 Å². The zero-order valence-corrected chi connectivity index (χ0v) is 17.8. The van der Waals surface area contributed by atoms with Crippen LogP contribution < -0.4 is 10.6 Å². The number of hydrogen-bond donors (Lipinski definition) is 2. The third-order valence-electron chi connectivity index (χ3n) is 4.88. The Hall–Kier alpha value is -2.42. The van der Waals surface area contributed by atoms with Crippen LogP contribution in [0.3, 0.4) is 0 Å². The molecular formula is C21H27N3O4S. The summed E-state index contributed by atoms with van der Waals surface area (Å²) in [6.07, 6.45) is 0. The fraction of sp³-hybridized carbons (Fsp3) is 0.381. The molecule has 0 unspecified atom stereocenters. The Balaban J connectivity index is 1.69. The summed E-state index contributed by atoms with van der Waals surface area (Å²) in [5, 5.41) is 5.89. The molecule has 0 aromatic heterocycles. The smallest absolute Gasteiger partial charge is 0.243 e. The summed E-state index contributed by atoms with van der Waals surface area (Å²) in [5.74, 6) is -0.247. The van der Waals surface area contributed by atoms with Crippen LogP contribution in [0, 0.1) is 20.8 Å². The van der Waals surface area contributed by atoms with Gasteiger partial charge in [-0.25, -0.2) is 8.42 Å². The van der Waals surface area contributed by atoms with Crippen molar-refractivity contribution in [2.24, 2.45) is 0 Å². The Morgan fingerprint density at radius 3 is 2.45 bits per heavy atom. The molecule has 1 fully saturated rings. The highest BCUT2D eigenvalue weighted by Gasteiger charge is 2.28. The molecule has 2 N–H and O–H groups in total. The largest absolute Gasteiger partial charge is 0.379 e. The molecule has 2 aromatic carbocycles. The van der Waals surface area contributed by atoms with Gasteiger partial charge in [0.1, 0.15) is 0 Å². The second kappa shape index (κ2) is 8.94. The molecule has 0 bridgehead atoms. The molecular weight excluding hydrogens is 390 g/mol. The maximum absolute atomic E-state index is 13.0. The van der Waals surface area contributed by atoms with E-state index in [1.807, 2.05) is 32.0 Å². The van der Waals surface area contributed by atoms with Gasteiger partial charge in [-0.2, -0.15) is 4.31 Å². The first-order chi connectivity index (χ1) is 13.8. The molecule has 2 aromatic rings. The van der Waals surface area contributed by atoms with Crippen molar-refractivity contribution < 1.29 is 17.9 Å². The number of hydrogen-bond acceptors (Lipinski definition) is 5. The first-order valence-electron chi connectivity index (χ1n) is 9.57. The van der Waals surface area contributed by atoms with Gasteiger partial charge in [0.25, 0.3) is 0 Å². The van der Waals surface area contributed by atoms with E-state index >= 15 is 0 Å². The molecule has 0 saturated carbocycles. The number of aryl methyl sites for hydroxylation is 3. The summed E-state index contributed by atoms with van der Waals surface area (Å²) < 4.78 is 32.6. The lowest BCUT2D eigenvalue weighted by Gasteiger charge is -2.26. The van der Waals surface area contributed by atoms with E-state index in [1.165, 1.54) is 10.4 Å². The van der Waals surface area contributed by atoms with Crippen molar-refractivity contribution in [1.82, 2.24) is 4.31 Å². The molecule has 8 heteroatoms. The molecule has 29 heavy (non-hydrogen) atoms. The van der Waals surface area contributed by atoms with Crippen LogP contribution in [0.1, 0.15) is 16.7 Å². The molecule has 1 saturated heterocycles. The van der Waals surface area contributed by atoms with Gasteiger partial charge in [-0.15, -0.1) is 0 Å². The van der Waals surface area contributed by atoms with E-state index in [4.69, 9.17) is 4.74 Å². The van der Waals surface area contributed by atoms with E-state index in [1.54, 1.807) is 19.1 Å². The summed E-state index contributed by atoms with van der Waals surface area (Å²) in [6.45, 7) is 7.28. The number of ether oxygens (including phenoxy) is 1. The fourth-order valence-electron chi connectivity index (χ4n) is 3.27. The zero-order valence-electron chi connectivity index (χ0n) is 17.0. The number of rotatable bonds is 6. The van der Waals surface area contributed by atoms with Crippen molar-refractivity contribution in [3.63, 3.8) is 0 Å². The van der Waals surface area contributed by atoms with Crippen LogP contribution in [-0.2, 0) is 19.6 Å². The number of amides is 1. The molecule has 0 radical (unpaired) electrons. The molecule has 3 rings (SSSR count). The summed E-state index contributed by atoms with van der Waals surface area (Å²) in [5.41, 5.74) is 4.21. The number of carbonyl (C=O) groups is 1. The lowest BCUT2D eigenvalue weighted by atomic mass is 10.1. The third kappa shape index (κ3) is 5.14. The average molecular weight is 418 g/mol. The van der Waals surface area contributed by atoms with E-state index in [0.29, 0.717) is 37.6 Å². The van der Waals surface area contributed by atoms with Crippen molar-refractivity contribution in [2.75, 3.05) is 43.5 Å². The SMILES string of the molecule is Cc1ccc(NCC(=O)Nc2ccc(C)c(S(=O)(=O)N3CCOCC3)c2)c(C)c1. The van der Waals surface area contributed by atoms with Crippen molar-refractivity contribution in [2.45, 2.75) is 25.7 Å². The van der Waals surface area contributed by atoms with Gasteiger partial charge < -0.3 is 15.4 Å². The first kappa shape index (κ1) is 21.3. The van der Waals surface area contributed by atoms with E-state index in [9.17, 15) is 13.2 Å².